The SMILES string of the molecule is COC(=O)c1ccc(-c2noc(-c3ccc(N4CCCCC4)c([N+](=O)[O-])c3)n2)cc1F. The number of hydrogen-bond acceptors (Lipinski definition) is 8. The highest BCUT2D eigenvalue weighted by Gasteiger charge is 2.24. The van der Waals surface area contributed by atoms with E-state index in [1.54, 1.807) is 12.1 Å². The number of anilines is 1. The summed E-state index contributed by atoms with van der Waals surface area (Å²) in [7, 11) is 1.16. The molecule has 0 saturated carbocycles. The van der Waals surface area contributed by atoms with E-state index in [2.05, 4.69) is 14.9 Å². The molecule has 1 aliphatic rings. The Morgan fingerprint density at radius 3 is 2.58 bits per heavy atom. The van der Waals surface area contributed by atoms with Crippen LogP contribution in [0.4, 0.5) is 15.8 Å². The van der Waals surface area contributed by atoms with Crippen molar-refractivity contribution in [2.45, 2.75) is 19.3 Å². The van der Waals surface area contributed by atoms with E-state index >= 15 is 0 Å². The van der Waals surface area contributed by atoms with E-state index in [0.717, 1.165) is 45.5 Å². The Bertz CT molecular complexity index is 1140. The summed E-state index contributed by atoms with van der Waals surface area (Å²) in [6, 6.07) is 8.62. The number of piperidine rings is 1. The number of benzene rings is 2. The van der Waals surface area contributed by atoms with Crippen LogP contribution in [0, 0.1) is 15.9 Å². The molecule has 0 bridgehead atoms. The number of nitro groups is 1. The third-order valence-electron chi connectivity index (χ3n) is 5.17. The van der Waals surface area contributed by atoms with Gasteiger partial charge in [-0.2, -0.15) is 4.98 Å². The zero-order valence-electron chi connectivity index (χ0n) is 16.7. The number of rotatable bonds is 5. The summed E-state index contributed by atoms with van der Waals surface area (Å²) in [5.41, 5.74) is 0.998. The van der Waals surface area contributed by atoms with Crippen molar-refractivity contribution in [2.24, 2.45) is 0 Å². The molecular weight excluding hydrogens is 407 g/mol. The van der Waals surface area contributed by atoms with E-state index in [-0.39, 0.29) is 23.0 Å². The van der Waals surface area contributed by atoms with E-state index in [9.17, 15) is 19.3 Å². The van der Waals surface area contributed by atoms with Gasteiger partial charge in [0.15, 0.2) is 0 Å². The molecule has 1 fully saturated rings. The Morgan fingerprint density at radius 1 is 1.16 bits per heavy atom. The van der Waals surface area contributed by atoms with Gasteiger partial charge in [0.05, 0.1) is 17.6 Å². The number of methoxy groups -OCH3 is 1. The highest BCUT2D eigenvalue weighted by atomic mass is 19.1. The van der Waals surface area contributed by atoms with Gasteiger partial charge in [-0.1, -0.05) is 5.16 Å². The molecule has 0 aliphatic carbocycles. The van der Waals surface area contributed by atoms with Crippen molar-refractivity contribution < 1.29 is 23.4 Å². The molecule has 2 heterocycles. The normalized spacial score (nSPS) is 13.8. The molecule has 0 amide bonds. The molecular formula is C21H19FN4O5. The van der Waals surface area contributed by atoms with Gasteiger partial charge in [-0.15, -0.1) is 0 Å². The van der Waals surface area contributed by atoms with Crippen LogP contribution in [-0.2, 0) is 4.74 Å². The molecule has 2 aromatic carbocycles. The van der Waals surface area contributed by atoms with Gasteiger partial charge in [-0.25, -0.2) is 9.18 Å². The predicted octanol–water partition coefficient (Wildman–Crippen LogP) is 4.23. The van der Waals surface area contributed by atoms with Gasteiger partial charge < -0.3 is 14.2 Å². The quantitative estimate of drug-likeness (QED) is 0.339. The van der Waals surface area contributed by atoms with Crippen molar-refractivity contribution in [2.75, 3.05) is 25.1 Å². The first kappa shape index (κ1) is 20.5. The fourth-order valence-corrected chi connectivity index (χ4v) is 3.59. The summed E-state index contributed by atoms with van der Waals surface area (Å²) >= 11 is 0. The molecule has 1 saturated heterocycles. The van der Waals surface area contributed by atoms with Crippen LogP contribution in [0.5, 0.6) is 0 Å². The maximum Gasteiger partial charge on any atom is 0.340 e. The van der Waals surface area contributed by atoms with E-state index in [1.807, 2.05) is 4.90 Å². The van der Waals surface area contributed by atoms with E-state index in [1.165, 1.54) is 18.2 Å². The van der Waals surface area contributed by atoms with Crippen LogP contribution in [0.1, 0.15) is 29.6 Å². The van der Waals surface area contributed by atoms with Crippen molar-refractivity contribution in [3.8, 4) is 22.8 Å². The molecule has 0 radical (unpaired) electrons. The maximum atomic E-state index is 14.2. The number of esters is 1. The number of ether oxygens (including phenoxy) is 1. The summed E-state index contributed by atoms with van der Waals surface area (Å²) in [4.78, 5) is 29.0. The second kappa shape index (κ2) is 8.50. The summed E-state index contributed by atoms with van der Waals surface area (Å²) in [6.07, 6.45) is 3.11. The first-order chi connectivity index (χ1) is 15.0. The highest BCUT2D eigenvalue weighted by molar-refractivity contribution is 5.90. The molecule has 0 atom stereocenters. The number of aromatic nitrogens is 2. The molecule has 10 heteroatoms. The van der Waals surface area contributed by atoms with Crippen molar-refractivity contribution in [1.29, 1.82) is 0 Å². The van der Waals surface area contributed by atoms with E-state index < -0.39 is 16.7 Å². The summed E-state index contributed by atoms with van der Waals surface area (Å²) < 4.78 is 24.0. The molecule has 3 aromatic rings. The van der Waals surface area contributed by atoms with Crippen LogP contribution in [-0.4, -0.2) is 41.2 Å². The number of halogens is 1. The minimum atomic E-state index is -0.793. The molecule has 0 N–H and O–H groups in total. The number of nitro benzene ring substituents is 1. The van der Waals surface area contributed by atoms with Crippen LogP contribution in [0.15, 0.2) is 40.9 Å². The number of nitrogens with zero attached hydrogens (tertiary/aromatic N) is 4. The van der Waals surface area contributed by atoms with Crippen LogP contribution in [0.3, 0.4) is 0 Å². The average molecular weight is 426 g/mol. The Balaban J connectivity index is 1.64. The van der Waals surface area contributed by atoms with Crippen molar-refractivity contribution in [1.82, 2.24) is 10.1 Å². The van der Waals surface area contributed by atoms with E-state index in [0.29, 0.717) is 16.8 Å². The Hall–Kier alpha value is -3.82. The largest absolute Gasteiger partial charge is 0.465 e. The van der Waals surface area contributed by atoms with Crippen LogP contribution in [0.2, 0.25) is 0 Å². The van der Waals surface area contributed by atoms with Gasteiger partial charge in [-0.05, 0) is 49.6 Å². The molecule has 1 aliphatic heterocycles. The molecule has 160 valence electrons. The van der Waals surface area contributed by atoms with Gasteiger partial charge in [0.1, 0.15) is 11.5 Å². The van der Waals surface area contributed by atoms with Crippen molar-refractivity contribution in [3.05, 3.63) is 57.9 Å². The third-order valence-corrected chi connectivity index (χ3v) is 5.17. The maximum absolute atomic E-state index is 14.2. The standard InChI is InChI=1S/C21H19FN4O5/c1-30-21(27)15-7-5-13(11-16(15)22)19-23-20(31-24-19)14-6-8-17(18(12-14)26(28)29)25-9-3-2-4-10-25/h5-8,11-12H,2-4,9-10H2,1H3. The number of hydrogen-bond donors (Lipinski definition) is 0. The van der Waals surface area contributed by atoms with Crippen molar-refractivity contribution >= 4 is 17.3 Å². The number of carbonyl (C=O) groups excluding carboxylic acids is 1. The minimum absolute atomic E-state index is 0.0346. The molecule has 1 aromatic heterocycles. The van der Waals surface area contributed by atoms with Crippen LogP contribution < -0.4 is 4.90 Å². The van der Waals surface area contributed by atoms with E-state index in [4.69, 9.17) is 4.52 Å². The lowest BCUT2D eigenvalue weighted by atomic mass is 10.1. The lowest BCUT2D eigenvalue weighted by Gasteiger charge is -2.28. The van der Waals surface area contributed by atoms with Gasteiger partial charge >= 0.3 is 5.97 Å². The Morgan fingerprint density at radius 2 is 1.90 bits per heavy atom. The van der Waals surface area contributed by atoms with Gasteiger partial charge in [0.2, 0.25) is 5.82 Å². The molecule has 31 heavy (non-hydrogen) atoms. The third kappa shape index (κ3) is 4.09. The second-order valence-corrected chi connectivity index (χ2v) is 7.12. The zero-order valence-corrected chi connectivity index (χ0v) is 16.7. The first-order valence-electron chi connectivity index (χ1n) is 9.73. The Kier molecular flexibility index (Phi) is 5.61. The molecule has 0 unspecified atom stereocenters. The number of carbonyl (C=O) groups is 1. The highest BCUT2D eigenvalue weighted by Crippen LogP contribution is 2.34. The fraction of sp³-hybridized carbons (Fsp3) is 0.286. The van der Waals surface area contributed by atoms with Gasteiger partial charge in [0, 0.05) is 30.3 Å². The molecule has 4 rings (SSSR count). The molecule has 9 nitrogen and oxygen atoms in total. The van der Waals surface area contributed by atoms with Crippen LogP contribution in [0.25, 0.3) is 22.8 Å². The lowest BCUT2D eigenvalue weighted by Crippen LogP contribution is -2.29. The smallest absolute Gasteiger partial charge is 0.340 e. The van der Waals surface area contributed by atoms with Gasteiger partial charge in [0.25, 0.3) is 11.6 Å². The summed E-state index contributed by atoms with van der Waals surface area (Å²) in [5.74, 6) is -1.41. The zero-order chi connectivity index (χ0) is 22.0. The average Bonchev–Trinajstić information content (AvgIpc) is 3.29. The summed E-state index contributed by atoms with van der Waals surface area (Å²) in [6.45, 7) is 1.55. The van der Waals surface area contributed by atoms with Gasteiger partial charge in [-0.3, -0.25) is 10.1 Å². The lowest BCUT2D eigenvalue weighted by molar-refractivity contribution is -0.384. The fourth-order valence-electron chi connectivity index (χ4n) is 3.59. The Labute approximate surface area is 176 Å². The first-order valence-corrected chi connectivity index (χ1v) is 9.73. The van der Waals surface area contributed by atoms with Crippen LogP contribution >= 0.6 is 0 Å². The topological polar surface area (TPSA) is 112 Å². The second-order valence-electron chi connectivity index (χ2n) is 7.12. The predicted molar refractivity (Wildman–Crippen MR) is 109 cm³/mol. The van der Waals surface area contributed by atoms with Crippen molar-refractivity contribution in [3.63, 3.8) is 0 Å². The minimum Gasteiger partial charge on any atom is -0.465 e. The monoisotopic (exact) mass is 426 g/mol. The molecule has 0 spiro atoms. The summed E-state index contributed by atoms with van der Waals surface area (Å²) in [5, 5.41) is 15.5.